The van der Waals surface area contributed by atoms with Crippen LogP contribution in [0.1, 0.15) is 17.3 Å². The van der Waals surface area contributed by atoms with Crippen LogP contribution in [-0.2, 0) is 0 Å². The Bertz CT molecular complexity index is 812. The second-order valence-corrected chi connectivity index (χ2v) is 4.84. The summed E-state index contributed by atoms with van der Waals surface area (Å²) in [7, 11) is 0. The normalized spacial score (nSPS) is 10.9. The van der Waals surface area contributed by atoms with E-state index in [1.807, 2.05) is 0 Å². The maximum absolute atomic E-state index is 14.0. The summed E-state index contributed by atoms with van der Waals surface area (Å²) in [4.78, 5) is 11.2. The third kappa shape index (κ3) is 1.98. The lowest BCUT2D eigenvalue weighted by molar-refractivity contribution is 0.101. The maximum atomic E-state index is 14.0. The maximum Gasteiger partial charge on any atom is 0.169 e. The molecule has 0 fully saturated rings. The van der Waals surface area contributed by atoms with Gasteiger partial charge in [0, 0.05) is 17.2 Å². The van der Waals surface area contributed by atoms with Crippen molar-refractivity contribution in [2.24, 2.45) is 0 Å². The van der Waals surface area contributed by atoms with Crippen molar-refractivity contribution in [1.82, 2.24) is 8.75 Å². The van der Waals surface area contributed by atoms with Crippen molar-refractivity contribution in [3.8, 4) is 11.1 Å². The van der Waals surface area contributed by atoms with Gasteiger partial charge in [-0.3, -0.25) is 4.79 Å². The van der Waals surface area contributed by atoms with Gasteiger partial charge in [-0.1, -0.05) is 24.3 Å². The van der Waals surface area contributed by atoms with Gasteiger partial charge in [-0.25, -0.2) is 8.78 Å². The third-order valence-corrected chi connectivity index (χ3v) is 3.57. The molecular weight excluding hydrogens is 282 g/mol. The third-order valence-electron chi connectivity index (χ3n) is 3.02. The van der Waals surface area contributed by atoms with E-state index < -0.39 is 11.6 Å². The minimum Gasteiger partial charge on any atom is -0.295 e. The second-order valence-electron chi connectivity index (χ2n) is 4.31. The molecule has 3 aromatic rings. The zero-order chi connectivity index (χ0) is 14.3. The lowest BCUT2D eigenvalue weighted by Gasteiger charge is -2.06. The highest BCUT2D eigenvalue weighted by molar-refractivity contribution is 7.00. The Morgan fingerprint density at radius 3 is 2.50 bits per heavy atom. The van der Waals surface area contributed by atoms with E-state index >= 15 is 0 Å². The number of carbonyl (C=O) groups is 1. The first-order valence-corrected chi connectivity index (χ1v) is 6.52. The summed E-state index contributed by atoms with van der Waals surface area (Å²) in [5, 5.41) is 0. The predicted molar refractivity (Wildman–Crippen MR) is 72.8 cm³/mol. The lowest BCUT2D eigenvalue weighted by atomic mass is 10.0. The standard InChI is InChI=1S/C14H8F2N2OS/c1-7(19)8-2-4-9(5-3-8)12-13(16)10(15)6-11-14(12)18-20-17-11/h2-6H,1H3. The molecule has 1 aromatic heterocycles. The zero-order valence-corrected chi connectivity index (χ0v) is 11.2. The molecule has 6 heteroatoms. The van der Waals surface area contributed by atoms with Crippen molar-refractivity contribution < 1.29 is 13.6 Å². The van der Waals surface area contributed by atoms with Crippen LogP contribution < -0.4 is 0 Å². The number of carbonyl (C=O) groups excluding carboxylic acids is 1. The molecular formula is C14H8F2N2OS. The number of hydrogen-bond acceptors (Lipinski definition) is 4. The quantitative estimate of drug-likeness (QED) is 0.673. The lowest BCUT2D eigenvalue weighted by Crippen LogP contribution is -1.94. The van der Waals surface area contributed by atoms with Crippen molar-refractivity contribution in [3.05, 3.63) is 47.5 Å². The van der Waals surface area contributed by atoms with Crippen LogP contribution in [0.2, 0.25) is 0 Å². The Morgan fingerprint density at radius 1 is 1.15 bits per heavy atom. The van der Waals surface area contributed by atoms with Gasteiger partial charge in [-0.15, -0.1) is 0 Å². The largest absolute Gasteiger partial charge is 0.295 e. The van der Waals surface area contributed by atoms with Gasteiger partial charge in [-0.2, -0.15) is 8.75 Å². The predicted octanol–water partition coefficient (Wildman–Crippen LogP) is 3.84. The molecule has 0 amide bonds. The van der Waals surface area contributed by atoms with Gasteiger partial charge < -0.3 is 0 Å². The van der Waals surface area contributed by atoms with Crippen LogP contribution in [0, 0.1) is 11.6 Å². The van der Waals surface area contributed by atoms with Crippen molar-refractivity contribution in [2.45, 2.75) is 6.92 Å². The van der Waals surface area contributed by atoms with E-state index in [0.717, 1.165) is 17.8 Å². The van der Waals surface area contributed by atoms with Gasteiger partial charge in [0.25, 0.3) is 0 Å². The first-order valence-electron chi connectivity index (χ1n) is 5.79. The molecule has 0 saturated carbocycles. The first-order chi connectivity index (χ1) is 9.58. The van der Waals surface area contributed by atoms with E-state index in [1.54, 1.807) is 24.3 Å². The fraction of sp³-hybridized carbons (Fsp3) is 0.0714. The molecule has 0 saturated heterocycles. The monoisotopic (exact) mass is 290 g/mol. The Morgan fingerprint density at radius 2 is 1.85 bits per heavy atom. The number of ketones is 1. The molecule has 1 heterocycles. The van der Waals surface area contributed by atoms with Crippen LogP contribution in [0.25, 0.3) is 22.2 Å². The van der Waals surface area contributed by atoms with E-state index in [4.69, 9.17) is 0 Å². The van der Waals surface area contributed by atoms with E-state index in [9.17, 15) is 13.6 Å². The molecule has 0 unspecified atom stereocenters. The Balaban J connectivity index is 2.25. The summed E-state index contributed by atoms with van der Waals surface area (Å²) in [5.74, 6) is -2.01. The molecule has 3 rings (SSSR count). The summed E-state index contributed by atoms with van der Waals surface area (Å²) >= 11 is 0.900. The first kappa shape index (κ1) is 12.8. The number of benzene rings is 2. The molecule has 0 aliphatic rings. The molecule has 3 nitrogen and oxygen atoms in total. The molecule has 0 atom stereocenters. The highest BCUT2D eigenvalue weighted by atomic mass is 32.1. The molecule has 0 bridgehead atoms. The van der Waals surface area contributed by atoms with E-state index in [2.05, 4.69) is 8.75 Å². The number of nitrogens with zero attached hydrogens (tertiary/aromatic N) is 2. The summed E-state index contributed by atoms with van der Waals surface area (Å²) in [6.07, 6.45) is 0. The summed E-state index contributed by atoms with van der Waals surface area (Å²) < 4.78 is 35.6. The second kappa shape index (κ2) is 4.72. The van der Waals surface area contributed by atoms with Crippen LogP contribution in [0.15, 0.2) is 30.3 Å². The van der Waals surface area contributed by atoms with Crippen molar-refractivity contribution in [1.29, 1.82) is 0 Å². The fourth-order valence-corrected chi connectivity index (χ4v) is 2.54. The van der Waals surface area contributed by atoms with E-state index in [0.29, 0.717) is 22.2 Å². The smallest absolute Gasteiger partial charge is 0.169 e. The number of halogens is 2. The topological polar surface area (TPSA) is 42.9 Å². The minimum absolute atomic E-state index is 0.0730. The van der Waals surface area contributed by atoms with Crippen LogP contribution in [0.3, 0.4) is 0 Å². The van der Waals surface area contributed by atoms with Gasteiger partial charge in [0.15, 0.2) is 17.4 Å². The van der Waals surface area contributed by atoms with E-state index in [-0.39, 0.29) is 11.3 Å². The summed E-state index contributed by atoms with van der Waals surface area (Å²) in [6, 6.07) is 7.34. The Hall–Kier alpha value is -2.21. The van der Waals surface area contributed by atoms with Gasteiger partial charge in [-0.05, 0) is 12.5 Å². The molecule has 0 N–H and O–H groups in total. The molecule has 0 radical (unpaired) electrons. The molecule has 0 spiro atoms. The molecule has 100 valence electrons. The number of aromatic nitrogens is 2. The number of hydrogen-bond donors (Lipinski definition) is 0. The Kier molecular flexibility index (Phi) is 3.02. The fourth-order valence-electron chi connectivity index (χ4n) is 2.01. The number of fused-ring (bicyclic) bond motifs is 1. The van der Waals surface area contributed by atoms with Crippen LogP contribution in [0.5, 0.6) is 0 Å². The SMILES string of the molecule is CC(=O)c1ccc(-c2c(F)c(F)cc3nsnc23)cc1. The average molecular weight is 290 g/mol. The number of Topliss-reactive ketones (excluding diaryl/α,β-unsaturated/α-hetero) is 1. The zero-order valence-electron chi connectivity index (χ0n) is 10.4. The molecule has 0 aliphatic carbocycles. The highest BCUT2D eigenvalue weighted by Gasteiger charge is 2.18. The van der Waals surface area contributed by atoms with Gasteiger partial charge in [0.1, 0.15) is 11.0 Å². The van der Waals surface area contributed by atoms with Crippen molar-refractivity contribution >= 4 is 28.5 Å². The van der Waals surface area contributed by atoms with Crippen LogP contribution in [0.4, 0.5) is 8.78 Å². The van der Waals surface area contributed by atoms with Gasteiger partial charge in [0.2, 0.25) is 0 Å². The van der Waals surface area contributed by atoms with Crippen LogP contribution >= 0.6 is 11.7 Å². The van der Waals surface area contributed by atoms with Gasteiger partial charge in [0.05, 0.1) is 11.7 Å². The number of rotatable bonds is 2. The average Bonchev–Trinajstić information content (AvgIpc) is 2.88. The molecule has 0 aliphatic heterocycles. The minimum atomic E-state index is -0.962. The molecule has 2 aromatic carbocycles. The molecule has 20 heavy (non-hydrogen) atoms. The van der Waals surface area contributed by atoms with Crippen molar-refractivity contribution in [2.75, 3.05) is 0 Å². The Labute approximate surface area is 117 Å². The van der Waals surface area contributed by atoms with Crippen molar-refractivity contribution in [3.63, 3.8) is 0 Å². The summed E-state index contributed by atoms with van der Waals surface area (Å²) in [6.45, 7) is 1.44. The summed E-state index contributed by atoms with van der Waals surface area (Å²) in [5.41, 5.74) is 1.69. The van der Waals surface area contributed by atoms with Crippen LogP contribution in [-0.4, -0.2) is 14.5 Å². The van der Waals surface area contributed by atoms with E-state index in [1.165, 1.54) is 6.92 Å². The van der Waals surface area contributed by atoms with Gasteiger partial charge >= 0.3 is 0 Å². The highest BCUT2D eigenvalue weighted by Crippen LogP contribution is 2.32.